The number of hydrogen-bond donors (Lipinski definition) is 3. The van der Waals surface area contributed by atoms with Gasteiger partial charge in [-0.3, -0.25) is 14.4 Å². The number of amides is 3. The highest BCUT2D eigenvalue weighted by Gasteiger charge is 2.13. The van der Waals surface area contributed by atoms with Gasteiger partial charge in [-0.15, -0.1) is 0 Å². The summed E-state index contributed by atoms with van der Waals surface area (Å²) in [5, 5.41) is 7.85. The Bertz CT molecular complexity index is 1100. The van der Waals surface area contributed by atoms with Crippen LogP contribution in [-0.4, -0.2) is 24.3 Å². The van der Waals surface area contributed by atoms with Gasteiger partial charge in [0.05, 0.1) is 18.4 Å². The molecule has 0 saturated carbocycles. The van der Waals surface area contributed by atoms with Crippen LogP contribution in [0.2, 0.25) is 0 Å². The molecule has 0 aliphatic heterocycles. The van der Waals surface area contributed by atoms with Crippen molar-refractivity contribution in [2.45, 2.75) is 19.5 Å². The van der Waals surface area contributed by atoms with E-state index in [4.69, 9.17) is 4.42 Å². The van der Waals surface area contributed by atoms with Crippen LogP contribution in [0, 0.1) is 11.6 Å². The molecule has 3 rings (SSSR count). The highest BCUT2D eigenvalue weighted by molar-refractivity contribution is 5.95. The van der Waals surface area contributed by atoms with Crippen molar-refractivity contribution in [1.82, 2.24) is 16.0 Å². The Morgan fingerprint density at radius 2 is 1.69 bits per heavy atom. The Labute approximate surface area is 182 Å². The number of halogens is 2. The van der Waals surface area contributed by atoms with E-state index in [2.05, 4.69) is 16.0 Å². The minimum atomic E-state index is -0.972. The molecule has 0 atom stereocenters. The smallest absolute Gasteiger partial charge is 0.254 e. The van der Waals surface area contributed by atoms with E-state index < -0.39 is 17.5 Å². The fourth-order valence-corrected chi connectivity index (χ4v) is 2.85. The Morgan fingerprint density at radius 1 is 0.844 bits per heavy atom. The summed E-state index contributed by atoms with van der Waals surface area (Å²) in [5.41, 5.74) is 0.868. The van der Waals surface area contributed by atoms with E-state index >= 15 is 0 Å². The number of rotatable bonds is 9. The first-order chi connectivity index (χ1) is 15.4. The van der Waals surface area contributed by atoms with Crippen molar-refractivity contribution in [3.05, 3.63) is 94.9 Å². The van der Waals surface area contributed by atoms with E-state index in [0.29, 0.717) is 17.4 Å². The summed E-state index contributed by atoms with van der Waals surface area (Å²) in [4.78, 5) is 36.2. The van der Waals surface area contributed by atoms with Crippen LogP contribution in [0.3, 0.4) is 0 Å². The first-order valence-corrected chi connectivity index (χ1v) is 9.82. The lowest BCUT2D eigenvalue weighted by Gasteiger charge is -2.09. The van der Waals surface area contributed by atoms with Gasteiger partial charge in [-0.2, -0.15) is 0 Å². The molecule has 9 heteroatoms. The van der Waals surface area contributed by atoms with Gasteiger partial charge in [-0.1, -0.05) is 12.1 Å². The quantitative estimate of drug-likeness (QED) is 0.475. The highest BCUT2D eigenvalue weighted by atomic mass is 19.1. The SMILES string of the molecule is O=C(CCNC(=O)c1ccc(F)cc1F)NCc1cccc(C(=O)NCc2ccco2)c1. The van der Waals surface area contributed by atoms with Crippen LogP contribution in [0.4, 0.5) is 8.78 Å². The maximum atomic E-state index is 13.6. The number of carbonyl (C=O) groups is 3. The molecule has 0 aliphatic carbocycles. The summed E-state index contributed by atoms with van der Waals surface area (Å²) >= 11 is 0. The third-order valence-electron chi connectivity index (χ3n) is 4.50. The number of nitrogens with one attached hydrogen (secondary N) is 3. The van der Waals surface area contributed by atoms with Gasteiger partial charge in [0.15, 0.2) is 0 Å². The normalized spacial score (nSPS) is 10.4. The van der Waals surface area contributed by atoms with Crippen molar-refractivity contribution in [2.75, 3.05) is 6.54 Å². The monoisotopic (exact) mass is 441 g/mol. The van der Waals surface area contributed by atoms with Crippen molar-refractivity contribution < 1.29 is 27.6 Å². The molecule has 0 spiro atoms. The average molecular weight is 441 g/mol. The zero-order valence-electron chi connectivity index (χ0n) is 17.0. The topological polar surface area (TPSA) is 100 Å². The fraction of sp³-hybridized carbons (Fsp3) is 0.174. The lowest BCUT2D eigenvalue weighted by atomic mass is 10.1. The van der Waals surface area contributed by atoms with E-state index in [1.807, 2.05) is 0 Å². The maximum absolute atomic E-state index is 13.6. The zero-order chi connectivity index (χ0) is 22.9. The van der Waals surface area contributed by atoms with Crippen LogP contribution in [0.1, 0.15) is 38.5 Å². The third kappa shape index (κ3) is 6.49. The summed E-state index contributed by atoms with van der Waals surface area (Å²) in [7, 11) is 0. The van der Waals surface area contributed by atoms with E-state index in [9.17, 15) is 23.2 Å². The first kappa shape index (κ1) is 22.7. The standard InChI is InChI=1S/C23H21F2N3O4/c24-17-6-7-19(20(25)12-17)23(31)26-9-8-21(29)27-13-15-3-1-4-16(11-15)22(30)28-14-18-5-2-10-32-18/h1-7,10-12H,8-9,13-14H2,(H,26,31)(H,27,29)(H,28,30). The van der Waals surface area contributed by atoms with E-state index in [-0.39, 0.29) is 43.4 Å². The second-order valence-corrected chi connectivity index (χ2v) is 6.87. The molecule has 166 valence electrons. The summed E-state index contributed by atoms with van der Waals surface area (Å²) < 4.78 is 31.7. The van der Waals surface area contributed by atoms with Crippen LogP contribution in [-0.2, 0) is 17.9 Å². The van der Waals surface area contributed by atoms with Crippen molar-refractivity contribution in [1.29, 1.82) is 0 Å². The molecule has 0 aliphatic rings. The highest BCUT2D eigenvalue weighted by Crippen LogP contribution is 2.09. The molecule has 1 aromatic heterocycles. The Kier molecular flexibility index (Phi) is 7.69. The number of furan rings is 1. The summed E-state index contributed by atoms with van der Waals surface area (Å²) in [6, 6.07) is 12.9. The van der Waals surface area contributed by atoms with E-state index in [0.717, 1.165) is 17.7 Å². The number of benzene rings is 2. The third-order valence-corrected chi connectivity index (χ3v) is 4.50. The van der Waals surface area contributed by atoms with Crippen LogP contribution < -0.4 is 16.0 Å². The first-order valence-electron chi connectivity index (χ1n) is 9.82. The van der Waals surface area contributed by atoms with Gasteiger partial charge in [-0.05, 0) is 42.0 Å². The second-order valence-electron chi connectivity index (χ2n) is 6.87. The van der Waals surface area contributed by atoms with Gasteiger partial charge in [0.25, 0.3) is 11.8 Å². The van der Waals surface area contributed by atoms with Crippen LogP contribution in [0.15, 0.2) is 65.3 Å². The lowest BCUT2D eigenvalue weighted by molar-refractivity contribution is -0.121. The molecule has 0 radical (unpaired) electrons. The van der Waals surface area contributed by atoms with E-state index in [1.165, 1.54) is 6.26 Å². The molecule has 2 aromatic carbocycles. The van der Waals surface area contributed by atoms with Gasteiger partial charge in [0, 0.05) is 31.1 Å². The Hall–Kier alpha value is -4.01. The zero-order valence-corrected chi connectivity index (χ0v) is 17.0. The van der Waals surface area contributed by atoms with Gasteiger partial charge in [0.1, 0.15) is 17.4 Å². The lowest BCUT2D eigenvalue weighted by Crippen LogP contribution is -2.31. The molecule has 0 bridgehead atoms. The Morgan fingerprint density at radius 3 is 2.44 bits per heavy atom. The molecular formula is C23H21F2N3O4. The average Bonchev–Trinajstić information content (AvgIpc) is 3.30. The van der Waals surface area contributed by atoms with Gasteiger partial charge >= 0.3 is 0 Å². The van der Waals surface area contributed by atoms with Crippen LogP contribution in [0.5, 0.6) is 0 Å². The predicted molar refractivity (Wildman–Crippen MR) is 111 cm³/mol. The molecule has 3 N–H and O–H groups in total. The van der Waals surface area contributed by atoms with Crippen LogP contribution in [0.25, 0.3) is 0 Å². The largest absolute Gasteiger partial charge is 0.467 e. The van der Waals surface area contributed by atoms with Crippen molar-refractivity contribution in [3.63, 3.8) is 0 Å². The summed E-state index contributed by atoms with van der Waals surface area (Å²) in [5.74, 6) is -2.46. The fourth-order valence-electron chi connectivity index (χ4n) is 2.85. The molecule has 0 fully saturated rings. The molecule has 32 heavy (non-hydrogen) atoms. The second kappa shape index (κ2) is 10.9. The van der Waals surface area contributed by atoms with Crippen LogP contribution >= 0.6 is 0 Å². The molecule has 3 amide bonds. The van der Waals surface area contributed by atoms with Crippen molar-refractivity contribution in [3.8, 4) is 0 Å². The molecule has 0 unspecified atom stereocenters. The maximum Gasteiger partial charge on any atom is 0.254 e. The van der Waals surface area contributed by atoms with Gasteiger partial charge < -0.3 is 20.4 Å². The number of hydrogen-bond acceptors (Lipinski definition) is 4. The summed E-state index contributed by atoms with van der Waals surface area (Å²) in [6.07, 6.45) is 1.50. The number of carbonyl (C=O) groups excluding carboxylic acids is 3. The summed E-state index contributed by atoms with van der Waals surface area (Å²) in [6.45, 7) is 0.440. The molecule has 0 saturated heterocycles. The van der Waals surface area contributed by atoms with Crippen molar-refractivity contribution in [2.24, 2.45) is 0 Å². The minimum absolute atomic E-state index is 0.0172. The molecule has 3 aromatic rings. The molecule has 7 nitrogen and oxygen atoms in total. The van der Waals surface area contributed by atoms with Crippen molar-refractivity contribution >= 4 is 17.7 Å². The predicted octanol–water partition coefficient (Wildman–Crippen LogP) is 2.92. The van der Waals surface area contributed by atoms with Gasteiger partial charge in [-0.25, -0.2) is 8.78 Å². The molecule has 1 heterocycles. The molecular weight excluding hydrogens is 420 g/mol. The van der Waals surface area contributed by atoms with Gasteiger partial charge in [0.2, 0.25) is 5.91 Å². The Balaban J connectivity index is 1.42. The minimum Gasteiger partial charge on any atom is -0.467 e. The van der Waals surface area contributed by atoms with E-state index in [1.54, 1.807) is 36.4 Å².